The molecule has 0 aliphatic rings. The summed E-state index contributed by atoms with van der Waals surface area (Å²) in [4.78, 5) is 4.13. The highest BCUT2D eigenvalue weighted by molar-refractivity contribution is 5.90. The summed E-state index contributed by atoms with van der Waals surface area (Å²) >= 11 is 0. The summed E-state index contributed by atoms with van der Waals surface area (Å²) in [6.07, 6.45) is -3.10. The number of aromatic hydroxyl groups is 1. The van der Waals surface area contributed by atoms with Crippen LogP contribution in [0.2, 0.25) is 0 Å². The second kappa shape index (κ2) is 8.20. The van der Waals surface area contributed by atoms with E-state index >= 15 is 0 Å². The van der Waals surface area contributed by atoms with E-state index in [0.717, 1.165) is 12.1 Å². The zero-order valence-corrected chi connectivity index (χ0v) is 15.5. The Morgan fingerprint density at radius 3 is 2.48 bits per heavy atom. The molecule has 1 unspecified atom stereocenters. The second-order valence-corrected chi connectivity index (χ2v) is 5.71. The van der Waals surface area contributed by atoms with E-state index in [-0.39, 0.29) is 5.75 Å². The van der Waals surface area contributed by atoms with Crippen LogP contribution in [0.1, 0.15) is 43.6 Å². The lowest BCUT2D eigenvalue weighted by molar-refractivity contribution is -0.137. The number of anilines is 1. The van der Waals surface area contributed by atoms with Crippen LogP contribution in [0.5, 0.6) is 5.75 Å². The molecule has 0 aliphatic heterocycles. The molecule has 2 heterocycles. The standard InChI is InChI=1S/C17H15F3N4O.C2H6/c1-9(11-4-3-5-12(6-11)17(18,19)20)22-16-14-7-13(25)8-21-15(14)10(2)23-24-16;1-2/h3-9,25H,1-2H3,(H,22,24);1-2H3. The van der Waals surface area contributed by atoms with Gasteiger partial charge in [0.2, 0.25) is 0 Å². The number of alkyl halides is 3. The Hall–Kier alpha value is -2.90. The van der Waals surface area contributed by atoms with Gasteiger partial charge in [-0.2, -0.15) is 18.3 Å². The van der Waals surface area contributed by atoms with E-state index in [4.69, 9.17) is 0 Å². The quantitative estimate of drug-likeness (QED) is 0.651. The number of aryl methyl sites for hydroxylation is 1. The van der Waals surface area contributed by atoms with Gasteiger partial charge in [0.15, 0.2) is 5.82 Å². The Morgan fingerprint density at radius 2 is 1.81 bits per heavy atom. The molecule has 0 aliphatic carbocycles. The normalized spacial score (nSPS) is 12.3. The number of rotatable bonds is 3. The van der Waals surface area contributed by atoms with Crippen LogP contribution in [-0.2, 0) is 6.18 Å². The Kier molecular flexibility index (Phi) is 6.20. The lowest BCUT2D eigenvalue weighted by Crippen LogP contribution is -2.12. The third-order valence-electron chi connectivity index (χ3n) is 3.84. The van der Waals surface area contributed by atoms with Crippen molar-refractivity contribution in [2.75, 3.05) is 5.32 Å². The molecule has 0 saturated carbocycles. The van der Waals surface area contributed by atoms with E-state index in [0.29, 0.717) is 28.0 Å². The Morgan fingerprint density at radius 1 is 1.11 bits per heavy atom. The molecule has 5 nitrogen and oxygen atoms in total. The predicted octanol–water partition coefficient (Wildman–Crippen LogP) is 5.26. The molecule has 1 atom stereocenters. The van der Waals surface area contributed by atoms with E-state index in [1.807, 2.05) is 13.8 Å². The molecule has 1 aromatic carbocycles. The lowest BCUT2D eigenvalue weighted by atomic mass is 10.0. The topological polar surface area (TPSA) is 70.9 Å². The van der Waals surface area contributed by atoms with Crippen molar-refractivity contribution in [3.05, 3.63) is 53.3 Å². The first-order valence-corrected chi connectivity index (χ1v) is 8.51. The summed E-state index contributed by atoms with van der Waals surface area (Å²) in [5.74, 6) is 0.309. The fourth-order valence-corrected chi connectivity index (χ4v) is 2.53. The monoisotopic (exact) mass is 378 g/mol. The van der Waals surface area contributed by atoms with Crippen LogP contribution in [0.4, 0.5) is 19.0 Å². The second-order valence-electron chi connectivity index (χ2n) is 5.71. The van der Waals surface area contributed by atoms with Crippen molar-refractivity contribution in [3.63, 3.8) is 0 Å². The van der Waals surface area contributed by atoms with Gasteiger partial charge in [0, 0.05) is 0 Å². The fraction of sp³-hybridized carbons (Fsp3) is 0.316. The largest absolute Gasteiger partial charge is 0.506 e. The smallest absolute Gasteiger partial charge is 0.416 e. The molecule has 0 radical (unpaired) electrons. The molecule has 0 spiro atoms. The molecule has 144 valence electrons. The van der Waals surface area contributed by atoms with Crippen molar-refractivity contribution in [1.82, 2.24) is 15.2 Å². The summed E-state index contributed by atoms with van der Waals surface area (Å²) in [6, 6.07) is 6.13. The van der Waals surface area contributed by atoms with E-state index in [1.165, 1.54) is 18.3 Å². The molecule has 27 heavy (non-hydrogen) atoms. The van der Waals surface area contributed by atoms with Crippen LogP contribution < -0.4 is 5.32 Å². The first-order valence-electron chi connectivity index (χ1n) is 8.51. The molecule has 3 aromatic rings. The molecular weight excluding hydrogens is 357 g/mol. The number of benzene rings is 1. The summed E-state index contributed by atoms with van der Waals surface area (Å²) in [6.45, 7) is 7.46. The summed E-state index contributed by atoms with van der Waals surface area (Å²) < 4.78 is 38.6. The van der Waals surface area contributed by atoms with Crippen molar-refractivity contribution in [2.24, 2.45) is 0 Å². The van der Waals surface area contributed by atoms with Crippen LogP contribution in [0.15, 0.2) is 36.5 Å². The highest BCUT2D eigenvalue weighted by Gasteiger charge is 2.30. The van der Waals surface area contributed by atoms with Gasteiger partial charge in [-0.15, -0.1) is 5.10 Å². The zero-order chi connectivity index (χ0) is 20.2. The number of pyridine rings is 1. The molecule has 0 bridgehead atoms. The van der Waals surface area contributed by atoms with Crippen LogP contribution in [-0.4, -0.2) is 20.3 Å². The van der Waals surface area contributed by atoms with Crippen molar-refractivity contribution >= 4 is 16.7 Å². The van der Waals surface area contributed by atoms with Crippen LogP contribution >= 0.6 is 0 Å². The van der Waals surface area contributed by atoms with E-state index in [2.05, 4.69) is 20.5 Å². The van der Waals surface area contributed by atoms with Gasteiger partial charge in [-0.1, -0.05) is 26.0 Å². The van der Waals surface area contributed by atoms with Gasteiger partial charge >= 0.3 is 6.18 Å². The maximum Gasteiger partial charge on any atom is 0.416 e. The van der Waals surface area contributed by atoms with Crippen LogP contribution in [0.25, 0.3) is 10.9 Å². The average molecular weight is 378 g/mol. The SMILES string of the molecule is CC.Cc1nnc(NC(C)c2cccc(C(F)(F)F)c2)c2cc(O)cnc12. The Bertz CT molecular complexity index is 928. The minimum Gasteiger partial charge on any atom is -0.506 e. The maximum absolute atomic E-state index is 12.9. The van der Waals surface area contributed by atoms with Crippen molar-refractivity contribution in [2.45, 2.75) is 39.9 Å². The molecule has 0 fully saturated rings. The summed E-state index contributed by atoms with van der Waals surface area (Å²) in [5.41, 5.74) is 0.898. The number of halogens is 3. The van der Waals surface area contributed by atoms with E-state index < -0.39 is 17.8 Å². The lowest BCUT2D eigenvalue weighted by Gasteiger charge is -2.17. The third-order valence-corrected chi connectivity index (χ3v) is 3.84. The number of fused-ring (bicyclic) bond motifs is 1. The van der Waals surface area contributed by atoms with Crippen LogP contribution in [0, 0.1) is 6.92 Å². The van der Waals surface area contributed by atoms with Gasteiger partial charge in [0.25, 0.3) is 0 Å². The van der Waals surface area contributed by atoms with Crippen molar-refractivity contribution in [3.8, 4) is 5.75 Å². The Balaban J connectivity index is 0.00000126. The first kappa shape index (κ1) is 20.4. The number of hydrogen-bond donors (Lipinski definition) is 2. The number of aromatic nitrogens is 3. The van der Waals surface area contributed by atoms with Crippen molar-refractivity contribution < 1.29 is 18.3 Å². The average Bonchev–Trinajstić information content (AvgIpc) is 2.65. The number of hydrogen-bond acceptors (Lipinski definition) is 5. The van der Waals surface area contributed by atoms with Gasteiger partial charge in [-0.05, 0) is 37.6 Å². The predicted molar refractivity (Wildman–Crippen MR) is 98.6 cm³/mol. The third kappa shape index (κ3) is 4.64. The molecule has 2 aromatic heterocycles. The highest BCUT2D eigenvalue weighted by atomic mass is 19.4. The number of nitrogens with one attached hydrogen (secondary N) is 1. The van der Waals surface area contributed by atoms with Gasteiger partial charge < -0.3 is 10.4 Å². The minimum atomic E-state index is -4.40. The highest BCUT2D eigenvalue weighted by Crippen LogP contribution is 2.32. The van der Waals surface area contributed by atoms with Gasteiger partial charge in [0.1, 0.15) is 5.75 Å². The molecule has 0 saturated heterocycles. The summed E-state index contributed by atoms with van der Waals surface area (Å²) in [7, 11) is 0. The first-order chi connectivity index (χ1) is 12.8. The molecular formula is C19H21F3N4O. The Labute approximate surface area is 155 Å². The molecule has 0 amide bonds. The summed E-state index contributed by atoms with van der Waals surface area (Å²) in [5, 5.41) is 21.3. The van der Waals surface area contributed by atoms with E-state index in [1.54, 1.807) is 19.9 Å². The van der Waals surface area contributed by atoms with Gasteiger partial charge in [-0.3, -0.25) is 4.98 Å². The minimum absolute atomic E-state index is 0.0327. The molecule has 8 heteroatoms. The maximum atomic E-state index is 12.9. The van der Waals surface area contributed by atoms with Crippen molar-refractivity contribution in [1.29, 1.82) is 0 Å². The van der Waals surface area contributed by atoms with Gasteiger partial charge in [0.05, 0.1) is 34.4 Å². The molecule has 2 N–H and O–H groups in total. The van der Waals surface area contributed by atoms with Crippen LogP contribution in [0.3, 0.4) is 0 Å². The fourth-order valence-electron chi connectivity index (χ4n) is 2.53. The van der Waals surface area contributed by atoms with E-state index in [9.17, 15) is 18.3 Å². The van der Waals surface area contributed by atoms with Gasteiger partial charge in [-0.25, -0.2) is 0 Å². The molecule has 3 rings (SSSR count). The zero-order valence-electron chi connectivity index (χ0n) is 15.5. The number of nitrogens with zero attached hydrogens (tertiary/aromatic N) is 3.